The Morgan fingerprint density at radius 2 is 2.00 bits per heavy atom. The summed E-state index contributed by atoms with van der Waals surface area (Å²) in [5.74, 6) is 0. The van der Waals surface area contributed by atoms with Crippen molar-refractivity contribution in [2.75, 3.05) is 6.54 Å². The average Bonchev–Trinajstić information content (AvgIpc) is 2.20. The van der Waals surface area contributed by atoms with Gasteiger partial charge >= 0.3 is 0 Å². The van der Waals surface area contributed by atoms with Gasteiger partial charge in [0.1, 0.15) is 6.10 Å². The first-order valence-electron chi connectivity index (χ1n) is 4.61. The normalized spacial score (nSPS) is 13.1. The van der Waals surface area contributed by atoms with Gasteiger partial charge in [0, 0.05) is 23.1 Å². The lowest BCUT2D eigenvalue weighted by atomic mass is 10.2. The molecule has 1 aromatic rings. The van der Waals surface area contributed by atoms with Crippen molar-refractivity contribution < 1.29 is 13.9 Å². The van der Waals surface area contributed by atoms with Crippen molar-refractivity contribution in [3.8, 4) is 0 Å². The second-order valence-electron chi connectivity index (χ2n) is 3.27. The van der Waals surface area contributed by atoms with Crippen molar-refractivity contribution in [1.82, 2.24) is 5.32 Å². The standard InChI is InChI=1S/C10H11Cl2F2NO/c11-7-2-1-6(8(12)3-7)4-15-5-9(16)10(13)14/h1-3,9-10,15-16H,4-5H2. The Kier molecular flexibility index (Phi) is 5.41. The molecular weight excluding hydrogens is 259 g/mol. The van der Waals surface area contributed by atoms with E-state index in [1.807, 2.05) is 0 Å². The Balaban J connectivity index is 2.43. The summed E-state index contributed by atoms with van der Waals surface area (Å²) in [6, 6.07) is 4.93. The SMILES string of the molecule is OC(CNCc1ccc(Cl)cc1Cl)C(F)F. The highest BCUT2D eigenvalue weighted by molar-refractivity contribution is 6.35. The first kappa shape index (κ1) is 13.6. The maximum absolute atomic E-state index is 12.0. The predicted octanol–water partition coefficient (Wildman–Crippen LogP) is 2.71. The Bertz CT molecular complexity index is 350. The molecule has 1 rings (SSSR count). The molecule has 0 aliphatic heterocycles. The van der Waals surface area contributed by atoms with Crippen molar-refractivity contribution >= 4 is 23.2 Å². The highest BCUT2D eigenvalue weighted by atomic mass is 35.5. The lowest BCUT2D eigenvalue weighted by molar-refractivity contribution is -0.00340. The smallest absolute Gasteiger partial charge is 0.265 e. The van der Waals surface area contributed by atoms with Crippen molar-refractivity contribution in [1.29, 1.82) is 0 Å². The molecule has 0 heterocycles. The summed E-state index contributed by atoms with van der Waals surface area (Å²) in [6.07, 6.45) is -4.40. The summed E-state index contributed by atoms with van der Waals surface area (Å²) in [4.78, 5) is 0. The summed E-state index contributed by atoms with van der Waals surface area (Å²) >= 11 is 11.6. The van der Waals surface area contributed by atoms with Crippen LogP contribution in [0, 0.1) is 0 Å². The zero-order valence-electron chi connectivity index (χ0n) is 8.26. The molecule has 90 valence electrons. The van der Waals surface area contributed by atoms with Crippen molar-refractivity contribution in [2.24, 2.45) is 0 Å². The van der Waals surface area contributed by atoms with Crippen LogP contribution in [0.25, 0.3) is 0 Å². The van der Waals surface area contributed by atoms with Crippen LogP contribution in [-0.4, -0.2) is 24.2 Å². The fourth-order valence-corrected chi connectivity index (χ4v) is 1.58. The molecule has 0 saturated carbocycles. The number of hydrogen-bond donors (Lipinski definition) is 2. The molecule has 0 spiro atoms. The van der Waals surface area contributed by atoms with Gasteiger partial charge in [-0.1, -0.05) is 29.3 Å². The monoisotopic (exact) mass is 269 g/mol. The fraction of sp³-hybridized carbons (Fsp3) is 0.400. The van der Waals surface area contributed by atoms with Crippen LogP contribution in [0.5, 0.6) is 0 Å². The Morgan fingerprint density at radius 1 is 1.31 bits per heavy atom. The summed E-state index contributed by atoms with van der Waals surface area (Å²) in [6.45, 7) is 0.121. The van der Waals surface area contributed by atoms with Crippen LogP contribution in [0.1, 0.15) is 5.56 Å². The highest BCUT2D eigenvalue weighted by Gasteiger charge is 2.15. The molecule has 1 atom stereocenters. The Labute approximate surface area is 102 Å². The number of aliphatic hydroxyl groups excluding tert-OH is 1. The van der Waals surface area contributed by atoms with E-state index in [1.54, 1.807) is 18.2 Å². The number of nitrogens with one attached hydrogen (secondary N) is 1. The number of alkyl halides is 2. The van der Waals surface area contributed by atoms with Crippen LogP contribution < -0.4 is 5.32 Å². The quantitative estimate of drug-likeness (QED) is 0.862. The van der Waals surface area contributed by atoms with Gasteiger partial charge in [-0.05, 0) is 17.7 Å². The average molecular weight is 270 g/mol. The maximum atomic E-state index is 12.0. The molecule has 16 heavy (non-hydrogen) atoms. The molecule has 0 amide bonds. The molecule has 1 unspecified atom stereocenters. The fourth-order valence-electron chi connectivity index (χ4n) is 1.11. The minimum absolute atomic E-state index is 0.184. The number of rotatable bonds is 5. The predicted molar refractivity (Wildman–Crippen MR) is 60.2 cm³/mol. The van der Waals surface area contributed by atoms with Crippen LogP contribution in [0.3, 0.4) is 0 Å². The minimum Gasteiger partial charge on any atom is -0.386 e. The van der Waals surface area contributed by atoms with E-state index in [0.29, 0.717) is 16.6 Å². The first-order valence-corrected chi connectivity index (χ1v) is 5.37. The van der Waals surface area contributed by atoms with Crippen molar-refractivity contribution in [3.63, 3.8) is 0 Å². The lowest BCUT2D eigenvalue weighted by Crippen LogP contribution is -2.31. The van der Waals surface area contributed by atoms with Gasteiger partial charge in [-0.2, -0.15) is 0 Å². The lowest BCUT2D eigenvalue weighted by Gasteiger charge is -2.11. The third-order valence-corrected chi connectivity index (χ3v) is 2.56. The molecule has 1 aromatic carbocycles. The van der Waals surface area contributed by atoms with Gasteiger partial charge in [0.2, 0.25) is 0 Å². The van der Waals surface area contributed by atoms with E-state index in [9.17, 15) is 8.78 Å². The second kappa shape index (κ2) is 6.35. The summed E-state index contributed by atoms with van der Waals surface area (Å²) in [5, 5.41) is 12.5. The molecule has 0 fully saturated rings. The van der Waals surface area contributed by atoms with Crippen LogP contribution in [0.2, 0.25) is 10.0 Å². The van der Waals surface area contributed by atoms with Crippen molar-refractivity contribution in [3.05, 3.63) is 33.8 Å². The topological polar surface area (TPSA) is 32.3 Å². The first-order chi connectivity index (χ1) is 7.50. The molecule has 0 saturated heterocycles. The molecule has 6 heteroatoms. The van der Waals surface area contributed by atoms with Crippen LogP contribution in [0.15, 0.2) is 18.2 Å². The van der Waals surface area contributed by atoms with E-state index in [-0.39, 0.29) is 6.54 Å². The van der Waals surface area contributed by atoms with Gasteiger partial charge in [0.15, 0.2) is 0 Å². The zero-order valence-corrected chi connectivity index (χ0v) is 9.77. The number of hydrogen-bond acceptors (Lipinski definition) is 2. The Morgan fingerprint density at radius 3 is 2.56 bits per heavy atom. The van der Waals surface area contributed by atoms with E-state index in [2.05, 4.69) is 5.32 Å². The van der Waals surface area contributed by atoms with Gasteiger partial charge in [0.05, 0.1) is 0 Å². The van der Waals surface area contributed by atoms with Crippen LogP contribution in [-0.2, 0) is 6.54 Å². The molecule has 2 nitrogen and oxygen atoms in total. The van der Waals surface area contributed by atoms with E-state index in [4.69, 9.17) is 28.3 Å². The molecule has 2 N–H and O–H groups in total. The van der Waals surface area contributed by atoms with Crippen LogP contribution in [0.4, 0.5) is 8.78 Å². The molecule has 0 radical (unpaired) electrons. The number of halogens is 4. The number of aliphatic hydroxyl groups is 1. The third-order valence-electron chi connectivity index (χ3n) is 1.97. The van der Waals surface area contributed by atoms with Gasteiger partial charge < -0.3 is 10.4 Å². The largest absolute Gasteiger partial charge is 0.386 e. The van der Waals surface area contributed by atoms with E-state index in [1.165, 1.54) is 0 Å². The van der Waals surface area contributed by atoms with Gasteiger partial charge in [-0.15, -0.1) is 0 Å². The van der Waals surface area contributed by atoms with Gasteiger partial charge in [-0.3, -0.25) is 0 Å². The zero-order chi connectivity index (χ0) is 12.1. The molecule has 0 aromatic heterocycles. The Hall–Kier alpha value is -0.420. The molecule has 0 aliphatic carbocycles. The van der Waals surface area contributed by atoms with Gasteiger partial charge in [0.25, 0.3) is 6.43 Å². The summed E-state index contributed by atoms with van der Waals surface area (Å²) < 4.78 is 23.9. The second-order valence-corrected chi connectivity index (χ2v) is 4.11. The van der Waals surface area contributed by atoms with Gasteiger partial charge in [-0.25, -0.2) is 8.78 Å². The van der Waals surface area contributed by atoms with Crippen molar-refractivity contribution in [2.45, 2.75) is 19.1 Å². The summed E-state index contributed by atoms with van der Waals surface area (Å²) in [5.41, 5.74) is 0.743. The molecule has 0 bridgehead atoms. The maximum Gasteiger partial charge on any atom is 0.265 e. The highest BCUT2D eigenvalue weighted by Crippen LogP contribution is 2.20. The molecular formula is C10H11Cl2F2NO. The van der Waals surface area contributed by atoms with E-state index >= 15 is 0 Å². The summed E-state index contributed by atoms with van der Waals surface area (Å²) in [7, 11) is 0. The van der Waals surface area contributed by atoms with E-state index < -0.39 is 12.5 Å². The minimum atomic E-state index is -2.74. The molecule has 0 aliphatic rings. The third kappa shape index (κ3) is 4.22. The number of benzene rings is 1. The van der Waals surface area contributed by atoms with E-state index in [0.717, 1.165) is 5.56 Å². The van der Waals surface area contributed by atoms with Crippen LogP contribution >= 0.6 is 23.2 Å².